The molecule has 13 heteroatoms. The molecule has 4 aromatic rings. The van der Waals surface area contributed by atoms with Crippen molar-refractivity contribution in [1.29, 1.82) is 0 Å². The Morgan fingerprint density at radius 3 is 2.37 bits per heavy atom. The van der Waals surface area contributed by atoms with E-state index in [9.17, 15) is 18.8 Å². The monoisotopic (exact) mass is 677 g/mol. The number of rotatable bonds is 14. The number of hydrogen-bond acceptors (Lipinski definition) is 7. The van der Waals surface area contributed by atoms with Crippen molar-refractivity contribution in [1.82, 2.24) is 4.98 Å². The molecule has 1 aliphatic rings. The molecule has 0 saturated heterocycles. The number of methoxy groups -OCH3 is 1. The van der Waals surface area contributed by atoms with Gasteiger partial charge in [-0.1, -0.05) is 17.7 Å². The number of amides is 2. The summed E-state index contributed by atoms with van der Waals surface area (Å²) in [6, 6.07) is 15.4. The normalized spacial score (nSPS) is 12.8. The molecule has 3 aromatic carbocycles. The van der Waals surface area contributed by atoms with Crippen LogP contribution in [-0.2, 0) is 14.4 Å². The molecular weight excluding hydrogens is 645 g/mol. The third kappa shape index (κ3) is 8.38. The van der Waals surface area contributed by atoms with Crippen molar-refractivity contribution in [2.45, 2.75) is 38.5 Å². The summed E-state index contributed by atoms with van der Waals surface area (Å²) in [4.78, 5) is 41.3. The van der Waals surface area contributed by atoms with E-state index in [1.54, 1.807) is 42.6 Å². The van der Waals surface area contributed by atoms with Gasteiger partial charge in [-0.05, 0) is 80.6 Å². The Labute approximate surface area is 299 Å². The van der Waals surface area contributed by atoms with Crippen LogP contribution in [0.3, 0.4) is 0 Å². The van der Waals surface area contributed by atoms with Crippen LogP contribution < -0.4 is 24.8 Å². The van der Waals surface area contributed by atoms with E-state index in [0.717, 1.165) is 6.42 Å². The van der Waals surface area contributed by atoms with E-state index >= 15 is 0 Å². The number of nitrogens with one attached hydrogen (secondary N) is 2. The van der Waals surface area contributed by atoms with Gasteiger partial charge in [0.25, 0.3) is 0 Å². The van der Waals surface area contributed by atoms with Crippen molar-refractivity contribution in [2.75, 3.05) is 24.4 Å². The summed E-state index contributed by atoms with van der Waals surface area (Å²) >= 11 is 6.67. The number of anilines is 2. The molecule has 1 saturated carbocycles. The van der Waals surface area contributed by atoms with Crippen molar-refractivity contribution < 1.29 is 38.1 Å². The van der Waals surface area contributed by atoms with E-state index in [2.05, 4.69) is 15.6 Å². The van der Waals surface area contributed by atoms with Gasteiger partial charge in [0.05, 0.1) is 24.9 Å². The van der Waals surface area contributed by atoms with Gasteiger partial charge in [0.15, 0.2) is 11.5 Å². The summed E-state index contributed by atoms with van der Waals surface area (Å²) in [5, 5.41) is 15.0. The number of unbranched alkanes of at least 4 members (excludes halogenated alkanes) is 2. The predicted molar refractivity (Wildman–Crippen MR) is 175 cm³/mol. The van der Waals surface area contributed by atoms with E-state index < -0.39 is 29.0 Å². The summed E-state index contributed by atoms with van der Waals surface area (Å²) in [7, 11) is 1.52. The van der Waals surface area contributed by atoms with E-state index in [0.29, 0.717) is 66.1 Å². The third-order valence-electron chi connectivity index (χ3n) is 7.43. The second kappa shape index (κ2) is 15.8. The van der Waals surface area contributed by atoms with Crippen LogP contribution in [0, 0.1) is 11.2 Å². The van der Waals surface area contributed by atoms with Gasteiger partial charge in [0.1, 0.15) is 27.8 Å². The third-order valence-corrected chi connectivity index (χ3v) is 7.82. The summed E-state index contributed by atoms with van der Waals surface area (Å²) in [6.07, 6.45) is 4.43. The molecule has 0 spiro atoms. The summed E-state index contributed by atoms with van der Waals surface area (Å²) in [5.74, 6) is -0.572. The fraction of sp³-hybridized carbons (Fsp3) is 0.273. The number of carboxylic acid groups (broad SMARTS) is 1. The van der Waals surface area contributed by atoms with Crippen molar-refractivity contribution >= 4 is 89.4 Å². The Kier molecular flexibility index (Phi) is 12.1. The molecule has 1 aliphatic carbocycles. The minimum atomic E-state index is -1.26. The van der Waals surface area contributed by atoms with Crippen LogP contribution in [0.15, 0.2) is 66.9 Å². The number of carbonyl (C=O) groups is 3. The predicted octanol–water partition coefficient (Wildman–Crippen LogP) is 6.29. The van der Waals surface area contributed by atoms with Crippen LogP contribution in [-0.4, -0.2) is 79.3 Å². The number of pyridine rings is 1. The molecule has 1 aromatic heterocycles. The fourth-order valence-corrected chi connectivity index (χ4v) is 4.95. The first-order chi connectivity index (χ1) is 21.7. The second-order valence-corrected chi connectivity index (χ2v) is 11.0. The number of halogens is 2. The maximum absolute atomic E-state index is 13.2. The first kappa shape index (κ1) is 35.2. The molecule has 10 nitrogen and oxygen atoms in total. The van der Waals surface area contributed by atoms with Gasteiger partial charge in [-0.3, -0.25) is 19.4 Å². The Morgan fingerprint density at radius 1 is 0.935 bits per heavy atom. The summed E-state index contributed by atoms with van der Waals surface area (Å²) in [6.45, 7) is 0.390. The average Bonchev–Trinajstić information content (AvgIpc) is 3.84. The van der Waals surface area contributed by atoms with Gasteiger partial charge in [-0.15, -0.1) is 0 Å². The van der Waals surface area contributed by atoms with Crippen molar-refractivity contribution in [3.8, 4) is 23.0 Å². The first-order valence-electron chi connectivity index (χ1n) is 14.4. The molecule has 238 valence electrons. The molecule has 0 bridgehead atoms. The van der Waals surface area contributed by atoms with Crippen LogP contribution in [0.4, 0.5) is 15.8 Å². The Hall–Kier alpha value is -3.64. The van der Waals surface area contributed by atoms with Crippen LogP contribution in [0.2, 0.25) is 5.02 Å². The molecular formula is C33H33CaClFN3O7. The number of carbonyl (C=O) groups excluding carboxylic acids is 2. The summed E-state index contributed by atoms with van der Waals surface area (Å²) in [5.41, 5.74) is -0.0144. The number of aromatic nitrogens is 1. The molecule has 46 heavy (non-hydrogen) atoms. The summed E-state index contributed by atoms with van der Waals surface area (Å²) < 4.78 is 30.9. The molecule has 5 rings (SSSR count). The minimum absolute atomic E-state index is 0. The molecule has 0 radical (unpaired) electrons. The van der Waals surface area contributed by atoms with Crippen molar-refractivity contribution in [2.24, 2.45) is 5.41 Å². The van der Waals surface area contributed by atoms with Gasteiger partial charge in [-0.25, -0.2) is 4.39 Å². The number of hydrogen-bond donors (Lipinski definition) is 3. The maximum atomic E-state index is 13.2. The van der Waals surface area contributed by atoms with Gasteiger partial charge in [-0.2, -0.15) is 0 Å². The van der Waals surface area contributed by atoms with Gasteiger partial charge in [0.2, 0.25) is 11.8 Å². The number of carboxylic acids is 1. The first-order valence-corrected chi connectivity index (χ1v) is 14.7. The van der Waals surface area contributed by atoms with Gasteiger partial charge >= 0.3 is 43.7 Å². The second-order valence-electron chi connectivity index (χ2n) is 10.6. The zero-order valence-corrected chi connectivity index (χ0v) is 25.2. The Balaban J connectivity index is 0.00000480. The molecule has 2 amide bonds. The van der Waals surface area contributed by atoms with Crippen molar-refractivity contribution in [3.05, 3.63) is 77.7 Å². The van der Waals surface area contributed by atoms with E-state index in [4.69, 9.17) is 30.9 Å². The Morgan fingerprint density at radius 2 is 1.67 bits per heavy atom. The molecule has 3 N–H and O–H groups in total. The standard InChI is InChI=1S/C33H31ClFN3O7.Ca.2H/c1-43-27-18-22-24(19-28(27)44-17-4-2-3-8-29(39)40)36-16-13-25(22)45-26-7-5-6-23(30(26)34)38-32(42)33(14-15-33)31(41)37-21-11-9-20(35)10-12-21;;;/h5-7,9-13,16,18-19H,2-4,8,14-15,17H2,1H3,(H,37,41)(H,38,42)(H,39,40);;;. The van der Waals surface area contributed by atoms with Gasteiger partial charge in [0, 0.05) is 29.8 Å². The zero-order chi connectivity index (χ0) is 32.0. The number of fused-ring (bicyclic) bond motifs is 1. The average molecular weight is 678 g/mol. The van der Waals surface area contributed by atoms with Crippen LogP contribution in [0.25, 0.3) is 10.9 Å². The molecule has 0 atom stereocenters. The van der Waals surface area contributed by atoms with E-state index in [1.165, 1.54) is 31.4 Å². The zero-order valence-electron chi connectivity index (χ0n) is 24.4. The SMILES string of the molecule is COc1cc2c(Oc3cccc(NC(=O)C4(C(=O)Nc5ccc(F)cc5)CC4)c3Cl)ccnc2cc1OCCCCCC(=O)O.[CaH2]. The molecule has 1 heterocycles. The quantitative estimate of drug-likeness (QED) is 0.0805. The topological polar surface area (TPSA) is 136 Å². The number of aliphatic carboxylic acids is 1. The number of benzene rings is 3. The van der Waals surface area contributed by atoms with Crippen LogP contribution >= 0.6 is 11.6 Å². The van der Waals surface area contributed by atoms with Crippen molar-refractivity contribution in [3.63, 3.8) is 0 Å². The molecule has 0 unspecified atom stereocenters. The Bertz CT molecular complexity index is 1730. The number of ether oxygens (including phenoxy) is 3. The fourth-order valence-electron chi connectivity index (χ4n) is 4.74. The van der Waals surface area contributed by atoms with Gasteiger partial charge < -0.3 is 30.0 Å². The molecule has 1 fully saturated rings. The van der Waals surface area contributed by atoms with E-state index in [-0.39, 0.29) is 60.6 Å². The van der Waals surface area contributed by atoms with E-state index in [1.807, 2.05) is 0 Å². The molecule has 0 aliphatic heterocycles. The number of nitrogens with zero attached hydrogens (tertiary/aromatic N) is 1. The van der Waals surface area contributed by atoms with Crippen LogP contribution in [0.5, 0.6) is 23.0 Å². The van der Waals surface area contributed by atoms with Crippen LogP contribution in [0.1, 0.15) is 38.5 Å².